The average Bonchev–Trinajstić information content (AvgIpc) is 3.36. The summed E-state index contributed by atoms with van der Waals surface area (Å²) in [6, 6.07) is 6.80. The second-order valence-corrected chi connectivity index (χ2v) is 8.92. The molecule has 1 aliphatic rings. The maximum Gasteiger partial charge on any atom is 0.268 e. The topological polar surface area (TPSA) is 89.9 Å². The van der Waals surface area contributed by atoms with Crippen LogP contribution in [0.25, 0.3) is 0 Å². The van der Waals surface area contributed by atoms with E-state index in [1.165, 1.54) is 10.4 Å². The van der Waals surface area contributed by atoms with E-state index in [-0.39, 0.29) is 17.3 Å². The molecule has 1 amide bonds. The van der Waals surface area contributed by atoms with E-state index < -0.39 is 10.0 Å². The molecule has 0 radical (unpaired) electrons. The highest BCUT2D eigenvalue weighted by molar-refractivity contribution is 7.89. The summed E-state index contributed by atoms with van der Waals surface area (Å²) >= 11 is 0. The fourth-order valence-electron chi connectivity index (χ4n) is 3.50. The van der Waals surface area contributed by atoms with Gasteiger partial charge in [0.15, 0.2) is 0 Å². The molecule has 3 rings (SSSR count). The number of benzene rings is 1. The summed E-state index contributed by atoms with van der Waals surface area (Å²) in [4.78, 5) is 13.0. The predicted molar refractivity (Wildman–Crippen MR) is 109 cm³/mol. The molecule has 0 atom stereocenters. The number of hydrogen-bond donors (Lipinski definition) is 1. The van der Waals surface area contributed by atoms with Gasteiger partial charge in [-0.15, -0.1) is 0 Å². The van der Waals surface area contributed by atoms with Gasteiger partial charge in [-0.2, -0.15) is 4.31 Å². The van der Waals surface area contributed by atoms with Gasteiger partial charge in [0.1, 0.15) is 22.1 Å². The maximum atomic E-state index is 12.9. The van der Waals surface area contributed by atoms with Gasteiger partial charge in [0.05, 0.1) is 14.2 Å². The van der Waals surface area contributed by atoms with Crippen LogP contribution in [-0.4, -0.2) is 50.5 Å². The number of nitrogens with one attached hydrogen (secondary N) is 1. The molecule has 1 aliphatic heterocycles. The monoisotopic (exact) mass is 421 g/mol. The lowest BCUT2D eigenvalue weighted by atomic mass is 10.2. The smallest absolute Gasteiger partial charge is 0.268 e. The number of aromatic nitrogens is 1. The minimum atomic E-state index is -3.60. The van der Waals surface area contributed by atoms with Gasteiger partial charge in [0.25, 0.3) is 5.91 Å². The van der Waals surface area contributed by atoms with Crippen molar-refractivity contribution in [3.05, 3.63) is 41.2 Å². The van der Waals surface area contributed by atoms with Crippen molar-refractivity contribution in [1.82, 2.24) is 14.2 Å². The minimum Gasteiger partial charge on any atom is -0.497 e. The van der Waals surface area contributed by atoms with E-state index in [4.69, 9.17) is 9.47 Å². The average molecular weight is 422 g/mol. The van der Waals surface area contributed by atoms with Crippen LogP contribution in [0.4, 0.5) is 0 Å². The molecule has 1 aromatic carbocycles. The Balaban J connectivity index is 1.82. The lowest BCUT2D eigenvalue weighted by Gasteiger charge is -2.15. The third-order valence-corrected chi connectivity index (χ3v) is 7.35. The van der Waals surface area contributed by atoms with Gasteiger partial charge in [-0.25, -0.2) is 8.42 Å². The SMILES string of the molecule is COc1ccc(OC)c(CNC(=O)c2cc(S(=O)(=O)N3CCCC3)c(C)n2C)c1. The molecule has 0 saturated carbocycles. The molecular weight excluding hydrogens is 394 g/mol. The largest absolute Gasteiger partial charge is 0.497 e. The Morgan fingerprint density at radius 2 is 1.83 bits per heavy atom. The molecule has 1 fully saturated rings. The second-order valence-electron chi connectivity index (χ2n) is 7.01. The van der Waals surface area contributed by atoms with Crippen molar-refractivity contribution in [2.45, 2.75) is 31.2 Å². The lowest BCUT2D eigenvalue weighted by molar-refractivity contribution is 0.0942. The fourth-order valence-corrected chi connectivity index (χ4v) is 5.29. The second kappa shape index (κ2) is 8.46. The summed E-state index contributed by atoms with van der Waals surface area (Å²) in [6.45, 7) is 2.98. The van der Waals surface area contributed by atoms with E-state index >= 15 is 0 Å². The van der Waals surface area contributed by atoms with Gasteiger partial charge >= 0.3 is 0 Å². The van der Waals surface area contributed by atoms with Gasteiger partial charge < -0.3 is 19.4 Å². The highest BCUT2D eigenvalue weighted by atomic mass is 32.2. The summed E-state index contributed by atoms with van der Waals surface area (Å²) < 4.78 is 39.5. The molecule has 8 nitrogen and oxygen atoms in total. The number of rotatable bonds is 7. The molecule has 0 aliphatic carbocycles. The Morgan fingerprint density at radius 3 is 2.45 bits per heavy atom. The summed E-state index contributed by atoms with van der Waals surface area (Å²) in [5, 5.41) is 2.84. The number of methoxy groups -OCH3 is 2. The first-order chi connectivity index (χ1) is 13.8. The van der Waals surface area contributed by atoms with Crippen molar-refractivity contribution in [2.75, 3.05) is 27.3 Å². The zero-order chi connectivity index (χ0) is 21.2. The number of ether oxygens (including phenoxy) is 2. The standard InChI is InChI=1S/C20H27N3O5S/c1-14-19(29(25,26)23-9-5-6-10-23)12-17(22(14)2)20(24)21-13-15-11-16(27-3)7-8-18(15)28-4/h7-8,11-12H,5-6,9-10,13H2,1-4H3,(H,21,24). The third-order valence-electron chi connectivity index (χ3n) is 5.33. The molecular formula is C20H27N3O5S. The van der Waals surface area contributed by atoms with E-state index in [9.17, 15) is 13.2 Å². The van der Waals surface area contributed by atoms with Crippen LogP contribution in [0, 0.1) is 6.92 Å². The first-order valence-corrected chi connectivity index (χ1v) is 10.9. The molecule has 158 valence electrons. The highest BCUT2D eigenvalue weighted by Crippen LogP contribution is 2.27. The van der Waals surface area contributed by atoms with Crippen molar-refractivity contribution < 1.29 is 22.7 Å². The Labute approximate surface area is 171 Å². The molecule has 0 unspecified atom stereocenters. The first kappa shape index (κ1) is 21.2. The number of amides is 1. The Kier molecular flexibility index (Phi) is 6.18. The van der Waals surface area contributed by atoms with E-state index in [0.717, 1.165) is 18.4 Å². The number of carbonyl (C=O) groups excluding carboxylic acids is 1. The van der Waals surface area contributed by atoms with Crippen LogP contribution < -0.4 is 14.8 Å². The van der Waals surface area contributed by atoms with Gasteiger partial charge in [0.2, 0.25) is 10.0 Å². The highest BCUT2D eigenvalue weighted by Gasteiger charge is 2.31. The van der Waals surface area contributed by atoms with Crippen LogP contribution in [-0.2, 0) is 23.6 Å². The lowest BCUT2D eigenvalue weighted by Crippen LogP contribution is -2.28. The van der Waals surface area contributed by atoms with Crippen LogP contribution in [0.2, 0.25) is 0 Å². The van der Waals surface area contributed by atoms with Crippen molar-refractivity contribution in [2.24, 2.45) is 7.05 Å². The molecule has 9 heteroatoms. The third kappa shape index (κ3) is 4.11. The van der Waals surface area contributed by atoms with Gasteiger partial charge in [-0.05, 0) is 44.0 Å². The molecule has 0 bridgehead atoms. The number of carbonyl (C=O) groups is 1. The van der Waals surface area contributed by atoms with Crippen LogP contribution in [0.5, 0.6) is 11.5 Å². The van der Waals surface area contributed by atoms with Crippen molar-refractivity contribution in [3.8, 4) is 11.5 Å². The van der Waals surface area contributed by atoms with Crippen LogP contribution in [0.3, 0.4) is 0 Å². The van der Waals surface area contributed by atoms with Crippen LogP contribution >= 0.6 is 0 Å². The van der Waals surface area contributed by atoms with Crippen LogP contribution in [0.15, 0.2) is 29.2 Å². The zero-order valence-electron chi connectivity index (χ0n) is 17.2. The molecule has 1 aromatic heterocycles. The molecule has 2 heterocycles. The van der Waals surface area contributed by atoms with Crippen LogP contribution in [0.1, 0.15) is 34.6 Å². The first-order valence-electron chi connectivity index (χ1n) is 9.45. The van der Waals surface area contributed by atoms with Crippen molar-refractivity contribution in [1.29, 1.82) is 0 Å². The van der Waals surface area contributed by atoms with E-state index in [2.05, 4.69) is 5.32 Å². The van der Waals surface area contributed by atoms with Crippen molar-refractivity contribution >= 4 is 15.9 Å². The summed E-state index contributed by atoms with van der Waals surface area (Å²) in [6.07, 6.45) is 1.72. The van der Waals surface area contributed by atoms with E-state index in [1.807, 2.05) is 0 Å². The Bertz CT molecular complexity index is 1010. The number of hydrogen-bond acceptors (Lipinski definition) is 5. The molecule has 29 heavy (non-hydrogen) atoms. The quantitative estimate of drug-likeness (QED) is 0.739. The molecule has 1 N–H and O–H groups in total. The predicted octanol–water partition coefficient (Wildman–Crippen LogP) is 2.07. The molecule has 1 saturated heterocycles. The molecule has 0 spiro atoms. The fraction of sp³-hybridized carbons (Fsp3) is 0.450. The number of nitrogens with zero attached hydrogens (tertiary/aromatic N) is 2. The van der Waals surface area contributed by atoms with Crippen molar-refractivity contribution in [3.63, 3.8) is 0 Å². The van der Waals surface area contributed by atoms with Gasteiger partial charge in [-0.1, -0.05) is 0 Å². The summed E-state index contributed by atoms with van der Waals surface area (Å²) in [7, 11) is 1.23. The summed E-state index contributed by atoms with van der Waals surface area (Å²) in [5.74, 6) is 0.929. The van der Waals surface area contributed by atoms with Gasteiger partial charge in [-0.3, -0.25) is 4.79 Å². The van der Waals surface area contributed by atoms with E-state index in [0.29, 0.717) is 36.0 Å². The van der Waals surface area contributed by atoms with Gasteiger partial charge in [0, 0.05) is 37.9 Å². The summed E-state index contributed by atoms with van der Waals surface area (Å²) in [5.41, 5.74) is 1.60. The Hall–Kier alpha value is -2.52. The zero-order valence-corrected chi connectivity index (χ0v) is 18.0. The normalized spacial score (nSPS) is 14.8. The molecule has 2 aromatic rings. The maximum absolute atomic E-state index is 12.9. The van der Waals surface area contributed by atoms with E-state index in [1.54, 1.807) is 51.0 Å². The Morgan fingerprint density at radius 1 is 1.14 bits per heavy atom. The number of sulfonamides is 1. The minimum absolute atomic E-state index is 0.186.